The number of hydrogen-bond donors (Lipinski definition) is 3. The van der Waals surface area contributed by atoms with Crippen molar-refractivity contribution in [3.8, 4) is 0 Å². The highest BCUT2D eigenvalue weighted by atomic mass is 32.2. The van der Waals surface area contributed by atoms with E-state index in [9.17, 15) is 26.4 Å². The van der Waals surface area contributed by atoms with Gasteiger partial charge in [0.2, 0.25) is 10.0 Å². The molecular formula is C20H20F3N5O3S. The van der Waals surface area contributed by atoms with Gasteiger partial charge >= 0.3 is 0 Å². The summed E-state index contributed by atoms with van der Waals surface area (Å²) in [6.45, 7) is 3.99. The van der Waals surface area contributed by atoms with Crippen LogP contribution in [-0.4, -0.2) is 36.6 Å². The van der Waals surface area contributed by atoms with Gasteiger partial charge in [0, 0.05) is 18.0 Å². The maximum Gasteiger partial charge on any atom is 0.258 e. The van der Waals surface area contributed by atoms with Crippen molar-refractivity contribution in [2.45, 2.75) is 20.3 Å². The molecule has 0 aliphatic carbocycles. The second kappa shape index (κ2) is 9.39. The highest BCUT2D eigenvalue weighted by molar-refractivity contribution is 7.92. The zero-order valence-electron chi connectivity index (χ0n) is 17.2. The zero-order valence-corrected chi connectivity index (χ0v) is 18.0. The van der Waals surface area contributed by atoms with Crippen LogP contribution in [0.15, 0.2) is 30.6 Å². The second-order valence-electron chi connectivity index (χ2n) is 6.74. The van der Waals surface area contributed by atoms with E-state index in [1.807, 2.05) is 17.0 Å². The molecule has 8 nitrogen and oxygen atoms in total. The molecule has 2 aromatic carbocycles. The monoisotopic (exact) mass is 467 g/mol. The number of para-hydroxylation sites is 1. The minimum Gasteiger partial charge on any atom is -0.370 e. The van der Waals surface area contributed by atoms with Gasteiger partial charge in [0.1, 0.15) is 17.8 Å². The molecule has 0 spiro atoms. The highest BCUT2D eigenvalue weighted by Crippen LogP contribution is 2.30. The van der Waals surface area contributed by atoms with E-state index < -0.39 is 44.8 Å². The Balaban J connectivity index is 2.02. The normalized spacial score (nSPS) is 11.4. The van der Waals surface area contributed by atoms with Gasteiger partial charge in [0.05, 0.1) is 22.5 Å². The molecule has 0 aliphatic heterocycles. The molecule has 0 saturated heterocycles. The molecule has 0 atom stereocenters. The average molecular weight is 467 g/mol. The Hall–Kier alpha value is -3.41. The van der Waals surface area contributed by atoms with Crippen LogP contribution in [0, 0.1) is 17.5 Å². The molecule has 170 valence electrons. The van der Waals surface area contributed by atoms with E-state index in [-0.39, 0.29) is 23.3 Å². The maximum atomic E-state index is 14.9. The number of fused-ring (bicyclic) bond motifs is 1. The fourth-order valence-corrected chi connectivity index (χ4v) is 4.16. The third kappa shape index (κ3) is 4.74. The number of benzene rings is 2. The topological polar surface area (TPSA) is 113 Å². The Kier molecular flexibility index (Phi) is 6.82. The number of carbonyl (C=O) groups is 1. The van der Waals surface area contributed by atoms with Crippen LogP contribution in [0.1, 0.15) is 30.6 Å². The van der Waals surface area contributed by atoms with Crippen molar-refractivity contribution in [3.05, 3.63) is 53.6 Å². The fraction of sp³-hybridized carbons (Fsp3) is 0.250. The standard InChI is InChI=1S/C20H20F3N5O3S/c1-3-8-32(30,31)28-14-9-13(21)15(22)18(16(14)23)27-20(29)12-7-5-6-11-17(12)25-10-26-19(11)24-4-2/h5-7,9-10,28H,3-4,8H2,1-2H3,(H,27,29)(H,24,25,26). The summed E-state index contributed by atoms with van der Waals surface area (Å²) in [5, 5.41) is 5.50. The number of aromatic nitrogens is 2. The molecule has 0 fully saturated rings. The summed E-state index contributed by atoms with van der Waals surface area (Å²) >= 11 is 0. The first kappa shape index (κ1) is 23.3. The quantitative estimate of drug-likeness (QED) is 0.434. The lowest BCUT2D eigenvalue weighted by molar-refractivity contribution is 0.102. The maximum absolute atomic E-state index is 14.9. The van der Waals surface area contributed by atoms with E-state index in [1.165, 1.54) is 18.5 Å². The lowest BCUT2D eigenvalue weighted by atomic mass is 10.1. The molecule has 0 bridgehead atoms. The van der Waals surface area contributed by atoms with E-state index in [2.05, 4.69) is 15.3 Å². The summed E-state index contributed by atoms with van der Waals surface area (Å²) in [6, 6.07) is 4.94. The summed E-state index contributed by atoms with van der Waals surface area (Å²) < 4.78 is 69.0. The van der Waals surface area contributed by atoms with Crippen LogP contribution >= 0.6 is 0 Å². The molecule has 3 rings (SSSR count). The number of anilines is 3. The summed E-state index contributed by atoms with van der Waals surface area (Å²) in [5.41, 5.74) is -1.78. The minimum absolute atomic E-state index is 0.0415. The van der Waals surface area contributed by atoms with Crippen LogP contribution in [0.25, 0.3) is 10.9 Å². The number of carbonyl (C=O) groups excluding carboxylic acids is 1. The van der Waals surface area contributed by atoms with E-state index in [1.54, 1.807) is 13.0 Å². The summed E-state index contributed by atoms with van der Waals surface area (Å²) in [7, 11) is -3.99. The van der Waals surface area contributed by atoms with Crippen molar-refractivity contribution in [2.24, 2.45) is 0 Å². The Morgan fingerprint density at radius 3 is 2.53 bits per heavy atom. The smallest absolute Gasteiger partial charge is 0.258 e. The predicted octanol–water partition coefficient (Wildman–Crippen LogP) is 3.88. The number of hydrogen-bond acceptors (Lipinski definition) is 6. The van der Waals surface area contributed by atoms with Crippen molar-refractivity contribution in [1.82, 2.24) is 9.97 Å². The second-order valence-corrected chi connectivity index (χ2v) is 8.58. The lowest BCUT2D eigenvalue weighted by Crippen LogP contribution is -2.20. The fourth-order valence-electron chi connectivity index (χ4n) is 3.04. The molecule has 0 saturated carbocycles. The van der Waals surface area contributed by atoms with Gasteiger partial charge in [-0.2, -0.15) is 0 Å². The van der Waals surface area contributed by atoms with Crippen molar-refractivity contribution in [3.63, 3.8) is 0 Å². The van der Waals surface area contributed by atoms with Gasteiger partial charge in [-0.05, 0) is 25.5 Å². The van der Waals surface area contributed by atoms with E-state index in [4.69, 9.17) is 0 Å². The van der Waals surface area contributed by atoms with Crippen molar-refractivity contribution in [2.75, 3.05) is 27.7 Å². The van der Waals surface area contributed by atoms with Gasteiger partial charge in [0.25, 0.3) is 5.91 Å². The minimum atomic E-state index is -3.99. The molecule has 3 aromatic rings. The molecule has 0 aliphatic rings. The van der Waals surface area contributed by atoms with Crippen LogP contribution in [0.2, 0.25) is 0 Å². The first-order valence-corrected chi connectivity index (χ1v) is 11.3. The molecule has 0 radical (unpaired) electrons. The molecular weight excluding hydrogens is 447 g/mol. The third-order valence-corrected chi connectivity index (χ3v) is 5.86. The van der Waals surface area contributed by atoms with Crippen LogP contribution in [0.5, 0.6) is 0 Å². The van der Waals surface area contributed by atoms with Crippen molar-refractivity contribution in [1.29, 1.82) is 0 Å². The van der Waals surface area contributed by atoms with Gasteiger partial charge in [-0.25, -0.2) is 31.6 Å². The van der Waals surface area contributed by atoms with Crippen LogP contribution in [-0.2, 0) is 10.0 Å². The first-order valence-electron chi connectivity index (χ1n) is 9.65. The number of nitrogens with one attached hydrogen (secondary N) is 3. The van der Waals surface area contributed by atoms with Crippen LogP contribution in [0.4, 0.5) is 30.4 Å². The molecule has 12 heteroatoms. The molecule has 1 heterocycles. The highest BCUT2D eigenvalue weighted by Gasteiger charge is 2.24. The van der Waals surface area contributed by atoms with Gasteiger partial charge in [-0.3, -0.25) is 9.52 Å². The van der Waals surface area contributed by atoms with E-state index in [0.29, 0.717) is 23.8 Å². The largest absolute Gasteiger partial charge is 0.370 e. The van der Waals surface area contributed by atoms with Crippen molar-refractivity contribution >= 4 is 44.0 Å². The number of nitrogens with zero attached hydrogens (tertiary/aromatic N) is 2. The Morgan fingerprint density at radius 1 is 1.09 bits per heavy atom. The number of rotatable bonds is 8. The summed E-state index contributed by atoms with van der Waals surface area (Å²) in [4.78, 5) is 21.0. The number of sulfonamides is 1. The Morgan fingerprint density at radius 2 is 1.84 bits per heavy atom. The first-order chi connectivity index (χ1) is 15.2. The number of halogens is 3. The van der Waals surface area contributed by atoms with Gasteiger partial charge in [-0.15, -0.1) is 0 Å². The van der Waals surface area contributed by atoms with Gasteiger partial charge in [0.15, 0.2) is 17.5 Å². The molecule has 1 aromatic heterocycles. The predicted molar refractivity (Wildman–Crippen MR) is 116 cm³/mol. The summed E-state index contributed by atoms with van der Waals surface area (Å²) in [6.07, 6.45) is 1.45. The molecule has 32 heavy (non-hydrogen) atoms. The number of amides is 1. The van der Waals surface area contributed by atoms with Crippen LogP contribution < -0.4 is 15.4 Å². The van der Waals surface area contributed by atoms with E-state index >= 15 is 0 Å². The Labute approximate surface area is 182 Å². The zero-order chi connectivity index (χ0) is 23.5. The SMILES string of the molecule is CCCS(=O)(=O)Nc1cc(F)c(F)c(NC(=O)c2cccc3c(NCC)ncnc23)c1F. The van der Waals surface area contributed by atoms with Gasteiger partial charge in [-0.1, -0.05) is 13.0 Å². The summed E-state index contributed by atoms with van der Waals surface area (Å²) in [5.74, 6) is -5.52. The Bertz CT molecular complexity index is 1290. The van der Waals surface area contributed by atoms with Crippen LogP contribution in [0.3, 0.4) is 0 Å². The van der Waals surface area contributed by atoms with Gasteiger partial charge < -0.3 is 10.6 Å². The van der Waals surface area contributed by atoms with E-state index in [0.717, 1.165) is 0 Å². The molecule has 1 amide bonds. The lowest BCUT2D eigenvalue weighted by Gasteiger charge is -2.14. The van der Waals surface area contributed by atoms with Crippen molar-refractivity contribution < 1.29 is 26.4 Å². The third-order valence-electron chi connectivity index (χ3n) is 4.39. The average Bonchev–Trinajstić information content (AvgIpc) is 2.74. The molecule has 0 unspecified atom stereocenters. The molecule has 3 N–H and O–H groups in total.